The second-order valence-electron chi connectivity index (χ2n) is 11.8. The summed E-state index contributed by atoms with van der Waals surface area (Å²) >= 11 is 0. The summed E-state index contributed by atoms with van der Waals surface area (Å²) in [4.78, 5) is 10.4. The lowest BCUT2D eigenvalue weighted by atomic mass is 9.84. The minimum Gasteiger partial charge on any atom is -0.508 e. The summed E-state index contributed by atoms with van der Waals surface area (Å²) in [5.41, 5.74) is 5.58. The molecule has 0 aliphatic carbocycles. The van der Waals surface area contributed by atoms with Gasteiger partial charge in [0.05, 0.1) is 0 Å². The van der Waals surface area contributed by atoms with Gasteiger partial charge in [-0.3, -0.25) is 4.79 Å². The first-order chi connectivity index (χ1) is 18.6. The highest BCUT2D eigenvalue weighted by atomic mass is 16.3. The monoisotopic (exact) mass is 542 g/mol. The highest BCUT2D eigenvalue weighted by molar-refractivity contribution is 5.74. The van der Waals surface area contributed by atoms with E-state index in [-0.39, 0.29) is 39.7 Å². The van der Waals surface area contributed by atoms with E-state index in [1.54, 1.807) is 18.2 Å². The average Bonchev–Trinajstić information content (AvgIpc) is 2.88. The van der Waals surface area contributed by atoms with Crippen LogP contribution in [0, 0.1) is 0 Å². The molecule has 4 aromatic rings. The van der Waals surface area contributed by atoms with Gasteiger partial charge in [-0.05, 0) is 45.7 Å². The lowest BCUT2D eigenvalue weighted by Gasteiger charge is -2.20. The Balaban J connectivity index is 0.000000236. The number of phenolic OH excluding ortho intramolecular Hbond substituents is 4. The van der Waals surface area contributed by atoms with Gasteiger partial charge in [0, 0.05) is 29.2 Å². The first-order valence-electron chi connectivity index (χ1n) is 13.3. The van der Waals surface area contributed by atoms with Gasteiger partial charge in [-0.15, -0.1) is 0 Å². The second kappa shape index (κ2) is 13.7. The Bertz CT molecular complexity index is 1340. The highest BCUT2D eigenvalue weighted by Gasteiger charge is 2.16. The topological polar surface area (TPSA) is 98.0 Å². The Morgan fingerprint density at radius 1 is 0.600 bits per heavy atom. The molecule has 5 heteroatoms. The second-order valence-corrected chi connectivity index (χ2v) is 11.8. The van der Waals surface area contributed by atoms with E-state index in [0.717, 1.165) is 23.0 Å². The Labute approximate surface area is 238 Å². The number of aromatic hydroxyl groups is 4. The van der Waals surface area contributed by atoms with Crippen LogP contribution in [0.25, 0.3) is 0 Å². The first kappa shape index (κ1) is 32.0. The van der Waals surface area contributed by atoms with Crippen LogP contribution in [-0.2, 0) is 10.8 Å². The zero-order valence-corrected chi connectivity index (χ0v) is 24.5. The molecule has 0 radical (unpaired) electrons. The molecule has 0 heterocycles. The van der Waals surface area contributed by atoms with Gasteiger partial charge in [-0.2, -0.15) is 0 Å². The quantitative estimate of drug-likeness (QED) is 0.195. The highest BCUT2D eigenvalue weighted by Crippen LogP contribution is 2.34. The summed E-state index contributed by atoms with van der Waals surface area (Å²) in [6.07, 6.45) is 0.867. The molecule has 5 nitrogen and oxygen atoms in total. The van der Waals surface area contributed by atoms with Crippen molar-refractivity contribution in [1.29, 1.82) is 0 Å². The fraction of sp³-hybridized carbons (Fsp3) is 0.286. The number of benzene rings is 4. The Hall–Kier alpha value is -4.25. The third kappa shape index (κ3) is 9.81. The molecule has 0 fully saturated rings. The van der Waals surface area contributed by atoms with Gasteiger partial charge >= 0.3 is 0 Å². The molecular formula is C35H42O5. The van der Waals surface area contributed by atoms with E-state index < -0.39 is 0 Å². The number of aldehydes is 1. The molecule has 4 aromatic carbocycles. The van der Waals surface area contributed by atoms with E-state index in [4.69, 9.17) is 10.2 Å². The first-order valence-corrected chi connectivity index (χ1v) is 13.3. The summed E-state index contributed by atoms with van der Waals surface area (Å²) in [6, 6.07) is 26.8. The molecule has 212 valence electrons. The molecule has 1 unspecified atom stereocenters. The zero-order chi connectivity index (χ0) is 30.1. The van der Waals surface area contributed by atoms with Crippen molar-refractivity contribution in [2.45, 2.75) is 65.2 Å². The summed E-state index contributed by atoms with van der Waals surface area (Å²) < 4.78 is 0. The van der Waals surface area contributed by atoms with Gasteiger partial charge in [-0.1, -0.05) is 109 Å². The maximum Gasteiger partial charge on any atom is 0.150 e. The molecule has 0 saturated heterocycles. The van der Waals surface area contributed by atoms with Crippen LogP contribution in [0.1, 0.15) is 87.0 Å². The van der Waals surface area contributed by atoms with Crippen LogP contribution in [0.5, 0.6) is 23.0 Å². The minimum absolute atomic E-state index is 0.0848. The normalized spacial score (nSPS) is 11.8. The molecule has 1 atom stereocenters. The molecular weight excluding hydrogens is 500 g/mol. The third-order valence-electron chi connectivity index (χ3n) is 6.50. The van der Waals surface area contributed by atoms with Gasteiger partial charge < -0.3 is 20.4 Å². The molecule has 40 heavy (non-hydrogen) atoms. The van der Waals surface area contributed by atoms with Gasteiger partial charge in [0.2, 0.25) is 0 Å². The number of phenols is 4. The Kier molecular flexibility index (Phi) is 10.9. The predicted octanol–water partition coefficient (Wildman–Crippen LogP) is 8.44. The minimum atomic E-state index is 0.0848. The van der Waals surface area contributed by atoms with Crippen molar-refractivity contribution in [1.82, 2.24) is 0 Å². The molecule has 0 saturated carbocycles. The van der Waals surface area contributed by atoms with Gasteiger partial charge in [-0.25, -0.2) is 0 Å². The van der Waals surface area contributed by atoms with Crippen molar-refractivity contribution < 1.29 is 25.2 Å². The lowest BCUT2D eigenvalue weighted by molar-refractivity contribution is 0.112. The molecule has 0 bridgehead atoms. The van der Waals surface area contributed by atoms with Crippen LogP contribution in [0.3, 0.4) is 0 Å². The van der Waals surface area contributed by atoms with Crippen LogP contribution in [0.15, 0.2) is 91.0 Å². The molecule has 4 N–H and O–H groups in total. The number of carbonyl (C=O) groups excluding carboxylic acids is 1. The van der Waals surface area contributed by atoms with Crippen LogP contribution < -0.4 is 0 Å². The fourth-order valence-corrected chi connectivity index (χ4v) is 3.90. The Morgan fingerprint density at radius 2 is 1.05 bits per heavy atom. The number of hydrogen-bond donors (Lipinski definition) is 4. The number of carbonyl (C=O) groups is 1. The lowest BCUT2D eigenvalue weighted by Crippen LogP contribution is -2.11. The van der Waals surface area contributed by atoms with Crippen LogP contribution in [0.2, 0.25) is 0 Å². The van der Waals surface area contributed by atoms with E-state index in [9.17, 15) is 15.0 Å². The molecule has 0 spiro atoms. The molecule has 0 amide bonds. The Morgan fingerprint density at radius 3 is 1.43 bits per heavy atom. The summed E-state index contributed by atoms with van der Waals surface area (Å²) in [7, 11) is 0. The van der Waals surface area contributed by atoms with E-state index >= 15 is 0 Å². The maximum absolute atomic E-state index is 10.4. The van der Waals surface area contributed by atoms with Gasteiger partial charge in [0.15, 0.2) is 0 Å². The molecule has 0 aliphatic heterocycles. The average molecular weight is 543 g/mol. The largest absolute Gasteiger partial charge is 0.508 e. The smallest absolute Gasteiger partial charge is 0.150 e. The van der Waals surface area contributed by atoms with Crippen molar-refractivity contribution in [2.75, 3.05) is 0 Å². The van der Waals surface area contributed by atoms with Crippen molar-refractivity contribution in [3.63, 3.8) is 0 Å². The number of hydrogen-bond acceptors (Lipinski definition) is 5. The van der Waals surface area contributed by atoms with E-state index in [2.05, 4.69) is 72.7 Å². The summed E-state index contributed by atoms with van der Waals surface area (Å²) in [5, 5.41) is 36.6. The van der Waals surface area contributed by atoms with Gasteiger partial charge in [0.1, 0.15) is 29.3 Å². The maximum atomic E-state index is 10.4. The summed E-state index contributed by atoms with van der Waals surface area (Å²) in [6.45, 7) is 15.1. The number of rotatable bonds is 3. The van der Waals surface area contributed by atoms with E-state index in [1.165, 1.54) is 35.4 Å². The van der Waals surface area contributed by atoms with E-state index in [0.29, 0.717) is 0 Å². The fourth-order valence-electron chi connectivity index (χ4n) is 3.90. The summed E-state index contributed by atoms with van der Waals surface area (Å²) in [5.74, 6) is 0.485. The van der Waals surface area contributed by atoms with Gasteiger partial charge in [0.25, 0.3) is 0 Å². The third-order valence-corrected chi connectivity index (χ3v) is 6.50. The van der Waals surface area contributed by atoms with Crippen LogP contribution in [-0.4, -0.2) is 26.7 Å². The van der Waals surface area contributed by atoms with E-state index in [1.807, 2.05) is 24.3 Å². The molecule has 0 aromatic heterocycles. The predicted molar refractivity (Wildman–Crippen MR) is 163 cm³/mol. The zero-order valence-electron chi connectivity index (χ0n) is 24.5. The standard InChI is InChI=1S/C18H22O2.C11H14O.C6H6O2/c1-12(16-10-9-15(19)11-17(16)20)13-5-7-14(8-6-13)18(2,3)4;1-11(2,3)10-6-4-9(8-12)5-7-10;7-5-2-1-3-6(8)4-5/h5-12,19-20H,1-4H3;4-8H,1-3H3;1-4,7-8H. The van der Waals surface area contributed by atoms with Crippen molar-refractivity contribution in [3.05, 3.63) is 119 Å². The van der Waals surface area contributed by atoms with Crippen molar-refractivity contribution in [2.24, 2.45) is 0 Å². The van der Waals surface area contributed by atoms with Crippen molar-refractivity contribution >= 4 is 6.29 Å². The SMILES string of the molecule is CC(C)(C)c1ccc(C=O)cc1.CC(c1ccc(C(C)(C)C)cc1)c1ccc(O)cc1O.Oc1cccc(O)c1. The molecule has 0 aliphatic rings. The van der Waals surface area contributed by atoms with Crippen molar-refractivity contribution in [3.8, 4) is 23.0 Å². The van der Waals surface area contributed by atoms with Crippen LogP contribution >= 0.6 is 0 Å². The van der Waals surface area contributed by atoms with Crippen LogP contribution in [0.4, 0.5) is 0 Å². The molecule has 4 rings (SSSR count).